The third-order valence-corrected chi connectivity index (χ3v) is 2.07. The number of carbonyl (C=O) groups is 1. The van der Waals surface area contributed by atoms with E-state index in [9.17, 15) is 4.79 Å². The Morgan fingerprint density at radius 2 is 2.13 bits per heavy atom. The summed E-state index contributed by atoms with van der Waals surface area (Å²) in [6.45, 7) is 4.36. The van der Waals surface area contributed by atoms with Gasteiger partial charge < -0.3 is 10.4 Å². The zero-order valence-electron chi connectivity index (χ0n) is 8.95. The molecule has 0 atom stereocenters. The van der Waals surface area contributed by atoms with Crippen molar-refractivity contribution < 1.29 is 9.90 Å². The standard InChI is InChI=1S/C12H15NO2/c1-9(7-12(14)15)8-13-11-6-4-3-5-10(11)2/h3-7,13H,8H2,1-2H3,(H,14,15)/b9-7-. The first-order valence-electron chi connectivity index (χ1n) is 4.79. The van der Waals surface area contributed by atoms with Crippen LogP contribution in [0.5, 0.6) is 0 Å². The van der Waals surface area contributed by atoms with E-state index in [1.54, 1.807) is 6.92 Å². The van der Waals surface area contributed by atoms with Gasteiger partial charge in [-0.3, -0.25) is 0 Å². The van der Waals surface area contributed by atoms with Gasteiger partial charge in [0.05, 0.1) is 0 Å². The third-order valence-electron chi connectivity index (χ3n) is 2.07. The van der Waals surface area contributed by atoms with Gasteiger partial charge in [0.1, 0.15) is 0 Å². The van der Waals surface area contributed by atoms with Gasteiger partial charge in [0.25, 0.3) is 0 Å². The smallest absolute Gasteiger partial charge is 0.328 e. The Bertz CT molecular complexity index is 383. The second kappa shape index (κ2) is 5.20. The predicted molar refractivity (Wildman–Crippen MR) is 61.1 cm³/mol. The molecule has 0 bridgehead atoms. The van der Waals surface area contributed by atoms with Gasteiger partial charge in [-0.15, -0.1) is 0 Å². The Hall–Kier alpha value is -1.77. The molecule has 0 saturated carbocycles. The van der Waals surface area contributed by atoms with E-state index in [2.05, 4.69) is 5.32 Å². The van der Waals surface area contributed by atoms with Crippen LogP contribution in [0.15, 0.2) is 35.9 Å². The highest BCUT2D eigenvalue weighted by Gasteiger charge is 1.97. The van der Waals surface area contributed by atoms with Gasteiger partial charge >= 0.3 is 5.97 Å². The van der Waals surface area contributed by atoms with E-state index in [-0.39, 0.29) is 0 Å². The van der Waals surface area contributed by atoms with Crippen LogP contribution in [-0.2, 0) is 4.79 Å². The van der Waals surface area contributed by atoms with Crippen LogP contribution in [0.1, 0.15) is 12.5 Å². The average Bonchev–Trinajstić information content (AvgIpc) is 2.15. The lowest BCUT2D eigenvalue weighted by Crippen LogP contribution is -2.05. The summed E-state index contributed by atoms with van der Waals surface area (Å²) in [6.07, 6.45) is 1.21. The molecule has 0 amide bonds. The van der Waals surface area contributed by atoms with Crippen LogP contribution in [0, 0.1) is 6.92 Å². The van der Waals surface area contributed by atoms with Crippen LogP contribution < -0.4 is 5.32 Å². The van der Waals surface area contributed by atoms with Crippen molar-refractivity contribution in [2.75, 3.05) is 11.9 Å². The lowest BCUT2D eigenvalue weighted by Gasteiger charge is -2.08. The predicted octanol–water partition coefficient (Wildman–Crippen LogP) is 2.44. The molecule has 0 radical (unpaired) electrons. The van der Waals surface area contributed by atoms with Crippen LogP contribution in [0.4, 0.5) is 5.69 Å². The SMILES string of the molecule is C/C(=C/C(=O)O)CNc1ccccc1C. The van der Waals surface area contributed by atoms with Crippen LogP contribution in [-0.4, -0.2) is 17.6 Å². The van der Waals surface area contributed by atoms with Gasteiger partial charge in [-0.1, -0.05) is 18.2 Å². The van der Waals surface area contributed by atoms with Crippen LogP contribution in [0.25, 0.3) is 0 Å². The molecule has 0 heterocycles. The molecule has 1 aromatic rings. The molecule has 1 rings (SSSR count). The minimum Gasteiger partial charge on any atom is -0.478 e. The summed E-state index contributed by atoms with van der Waals surface area (Å²) in [6, 6.07) is 7.91. The summed E-state index contributed by atoms with van der Waals surface area (Å²) in [5.41, 5.74) is 2.99. The zero-order chi connectivity index (χ0) is 11.3. The lowest BCUT2D eigenvalue weighted by molar-refractivity contribution is -0.131. The maximum Gasteiger partial charge on any atom is 0.328 e. The molecular formula is C12H15NO2. The highest BCUT2D eigenvalue weighted by molar-refractivity contribution is 5.80. The molecule has 0 aliphatic heterocycles. The van der Waals surface area contributed by atoms with Gasteiger partial charge in [-0.05, 0) is 31.1 Å². The van der Waals surface area contributed by atoms with Crippen LogP contribution in [0.3, 0.4) is 0 Å². The number of hydrogen-bond acceptors (Lipinski definition) is 2. The number of para-hydroxylation sites is 1. The summed E-state index contributed by atoms with van der Waals surface area (Å²) < 4.78 is 0. The molecular weight excluding hydrogens is 190 g/mol. The van der Waals surface area contributed by atoms with Crippen molar-refractivity contribution in [1.82, 2.24) is 0 Å². The summed E-state index contributed by atoms with van der Waals surface area (Å²) in [5, 5.41) is 11.7. The number of carboxylic acid groups (broad SMARTS) is 1. The van der Waals surface area contributed by atoms with Gasteiger partial charge in [0, 0.05) is 18.3 Å². The van der Waals surface area contributed by atoms with Crippen molar-refractivity contribution in [2.45, 2.75) is 13.8 Å². The number of benzene rings is 1. The molecule has 0 unspecified atom stereocenters. The Balaban J connectivity index is 2.58. The maximum absolute atomic E-state index is 10.4. The van der Waals surface area contributed by atoms with Crippen molar-refractivity contribution in [3.8, 4) is 0 Å². The molecule has 3 heteroatoms. The summed E-state index contributed by atoms with van der Waals surface area (Å²) in [4.78, 5) is 10.4. The van der Waals surface area contributed by atoms with E-state index < -0.39 is 5.97 Å². The number of anilines is 1. The summed E-state index contributed by atoms with van der Waals surface area (Å²) in [5.74, 6) is -0.904. The van der Waals surface area contributed by atoms with Crippen molar-refractivity contribution in [2.24, 2.45) is 0 Å². The first-order chi connectivity index (χ1) is 7.09. The normalized spacial score (nSPS) is 11.2. The highest BCUT2D eigenvalue weighted by atomic mass is 16.4. The minimum atomic E-state index is -0.904. The first-order valence-corrected chi connectivity index (χ1v) is 4.79. The second-order valence-corrected chi connectivity index (χ2v) is 3.50. The van der Waals surface area contributed by atoms with Crippen molar-refractivity contribution in [1.29, 1.82) is 0 Å². The molecule has 0 aromatic heterocycles. The number of hydrogen-bond donors (Lipinski definition) is 2. The van der Waals surface area contributed by atoms with E-state index >= 15 is 0 Å². The van der Waals surface area contributed by atoms with Crippen LogP contribution >= 0.6 is 0 Å². The summed E-state index contributed by atoms with van der Waals surface area (Å²) in [7, 11) is 0. The van der Waals surface area contributed by atoms with Gasteiger partial charge in [0.15, 0.2) is 0 Å². The molecule has 0 saturated heterocycles. The number of carboxylic acids is 1. The maximum atomic E-state index is 10.4. The third kappa shape index (κ3) is 3.85. The molecule has 0 spiro atoms. The van der Waals surface area contributed by atoms with Crippen molar-refractivity contribution in [3.05, 3.63) is 41.5 Å². The molecule has 0 aliphatic rings. The number of aryl methyl sites for hydroxylation is 1. The quantitative estimate of drug-likeness (QED) is 0.742. The number of nitrogens with one attached hydrogen (secondary N) is 1. The van der Waals surface area contributed by atoms with Crippen molar-refractivity contribution >= 4 is 11.7 Å². The molecule has 0 fully saturated rings. The molecule has 2 N–H and O–H groups in total. The number of rotatable bonds is 4. The van der Waals surface area contributed by atoms with Gasteiger partial charge in [-0.2, -0.15) is 0 Å². The topological polar surface area (TPSA) is 49.3 Å². The Morgan fingerprint density at radius 1 is 1.47 bits per heavy atom. The molecule has 15 heavy (non-hydrogen) atoms. The fourth-order valence-corrected chi connectivity index (χ4v) is 1.27. The second-order valence-electron chi connectivity index (χ2n) is 3.50. The van der Waals surface area contributed by atoms with E-state index in [4.69, 9.17) is 5.11 Å². The minimum absolute atomic E-state index is 0.553. The van der Waals surface area contributed by atoms with Crippen molar-refractivity contribution in [3.63, 3.8) is 0 Å². The lowest BCUT2D eigenvalue weighted by atomic mass is 10.2. The Morgan fingerprint density at radius 3 is 2.73 bits per heavy atom. The molecule has 3 nitrogen and oxygen atoms in total. The fraction of sp³-hybridized carbons (Fsp3) is 0.250. The zero-order valence-corrected chi connectivity index (χ0v) is 8.95. The van der Waals surface area contributed by atoms with E-state index in [0.29, 0.717) is 6.54 Å². The highest BCUT2D eigenvalue weighted by Crippen LogP contribution is 2.13. The first kappa shape index (κ1) is 11.3. The van der Waals surface area contributed by atoms with Gasteiger partial charge in [-0.25, -0.2) is 4.79 Å². The number of aliphatic carboxylic acids is 1. The molecule has 80 valence electrons. The van der Waals surface area contributed by atoms with E-state index in [0.717, 1.165) is 16.8 Å². The van der Waals surface area contributed by atoms with Gasteiger partial charge in [0.2, 0.25) is 0 Å². The molecule has 1 aromatic carbocycles. The Kier molecular flexibility index (Phi) is 3.92. The fourth-order valence-electron chi connectivity index (χ4n) is 1.27. The Labute approximate surface area is 89.4 Å². The van der Waals surface area contributed by atoms with E-state index in [1.807, 2.05) is 31.2 Å². The average molecular weight is 205 g/mol. The van der Waals surface area contributed by atoms with Crippen LogP contribution in [0.2, 0.25) is 0 Å². The largest absolute Gasteiger partial charge is 0.478 e. The van der Waals surface area contributed by atoms with E-state index in [1.165, 1.54) is 6.08 Å². The molecule has 0 aliphatic carbocycles. The monoisotopic (exact) mass is 205 g/mol. The summed E-state index contributed by atoms with van der Waals surface area (Å²) >= 11 is 0.